The molecule has 2 aromatic heterocycles. The van der Waals surface area contributed by atoms with Crippen molar-refractivity contribution < 1.29 is 23.4 Å². The molecule has 1 aliphatic carbocycles. The molecule has 0 aliphatic heterocycles. The lowest BCUT2D eigenvalue weighted by molar-refractivity contribution is -0.143. The van der Waals surface area contributed by atoms with E-state index in [1.54, 1.807) is 30.5 Å². The second-order valence-electron chi connectivity index (χ2n) is 7.81. The molecule has 7 heteroatoms. The van der Waals surface area contributed by atoms with Crippen LogP contribution in [0.15, 0.2) is 60.8 Å². The largest absolute Gasteiger partial charge is 0.480 e. The lowest BCUT2D eigenvalue weighted by Gasteiger charge is -2.20. The average Bonchev–Trinajstić information content (AvgIpc) is 2.98. The minimum Gasteiger partial charge on any atom is -0.480 e. The van der Waals surface area contributed by atoms with Crippen molar-refractivity contribution in [1.29, 1.82) is 0 Å². The molecule has 0 amide bonds. The summed E-state index contributed by atoms with van der Waals surface area (Å²) in [5.74, 6) is -2.91. The zero-order chi connectivity index (χ0) is 23.7. The smallest absolute Gasteiger partial charge is 0.329 e. The Hall–Kier alpha value is -4.23. The lowest BCUT2D eigenvalue weighted by atomic mass is 9.96. The number of halogens is 2. The van der Waals surface area contributed by atoms with Crippen LogP contribution >= 0.6 is 0 Å². The van der Waals surface area contributed by atoms with Gasteiger partial charge >= 0.3 is 5.97 Å². The number of aliphatic carboxylic acids is 1. The van der Waals surface area contributed by atoms with Gasteiger partial charge in [0, 0.05) is 23.2 Å². The van der Waals surface area contributed by atoms with Crippen LogP contribution in [0.3, 0.4) is 0 Å². The fraction of sp³-hybridized carbons (Fsp3) is 0.0741. The Bertz CT molecular complexity index is 1480. The molecule has 1 N–H and O–H groups in total. The lowest BCUT2D eigenvalue weighted by Crippen LogP contribution is -2.15. The Balaban J connectivity index is 1.50. The van der Waals surface area contributed by atoms with Gasteiger partial charge < -0.3 is 9.84 Å². The van der Waals surface area contributed by atoms with Gasteiger partial charge in [-0.2, -0.15) is 0 Å². The number of nitrogens with zero attached hydrogens (tertiary/aromatic N) is 2. The maximum absolute atomic E-state index is 13.6. The summed E-state index contributed by atoms with van der Waals surface area (Å²) in [6, 6.07) is 15.1. The molecule has 4 aromatic rings. The second-order valence-corrected chi connectivity index (χ2v) is 7.81. The van der Waals surface area contributed by atoms with E-state index in [-0.39, 0.29) is 0 Å². The first-order chi connectivity index (χ1) is 16.5. The van der Waals surface area contributed by atoms with Gasteiger partial charge in [0.05, 0.1) is 16.9 Å². The average molecular weight is 456 g/mol. The number of ether oxygens (including phenoxy) is 1. The van der Waals surface area contributed by atoms with Gasteiger partial charge in [0.1, 0.15) is 12.7 Å². The minimum absolute atomic E-state index is 0.361. The molecule has 1 unspecified atom stereocenters. The second kappa shape index (κ2) is 8.96. The van der Waals surface area contributed by atoms with Crippen LogP contribution in [-0.4, -0.2) is 27.7 Å². The Morgan fingerprint density at radius 3 is 2.71 bits per heavy atom. The quantitative estimate of drug-likeness (QED) is 0.414. The van der Waals surface area contributed by atoms with Gasteiger partial charge in [-0.3, -0.25) is 4.98 Å². The van der Waals surface area contributed by atoms with Crippen LogP contribution in [0.4, 0.5) is 8.78 Å². The molecule has 1 aliphatic rings. The highest BCUT2D eigenvalue weighted by Gasteiger charge is 2.24. The van der Waals surface area contributed by atoms with Crippen molar-refractivity contribution >= 4 is 41.2 Å². The van der Waals surface area contributed by atoms with Crippen molar-refractivity contribution in [1.82, 2.24) is 9.97 Å². The minimum atomic E-state index is -1.06. The molecule has 0 saturated heterocycles. The number of hydrogen-bond donors (Lipinski definition) is 1. The van der Waals surface area contributed by atoms with E-state index in [1.165, 1.54) is 0 Å². The highest BCUT2D eigenvalue weighted by atomic mass is 19.2. The Kier molecular flexibility index (Phi) is 5.69. The van der Waals surface area contributed by atoms with Crippen LogP contribution in [0, 0.1) is 11.6 Å². The van der Waals surface area contributed by atoms with Crippen molar-refractivity contribution in [3.8, 4) is 0 Å². The van der Waals surface area contributed by atoms with Gasteiger partial charge in [0.25, 0.3) is 0 Å². The van der Waals surface area contributed by atoms with Crippen LogP contribution in [0.5, 0.6) is 0 Å². The van der Waals surface area contributed by atoms with E-state index >= 15 is 0 Å². The van der Waals surface area contributed by atoms with Crippen LogP contribution < -0.4 is 0 Å². The summed E-state index contributed by atoms with van der Waals surface area (Å²) in [4.78, 5) is 20.0. The van der Waals surface area contributed by atoms with Crippen molar-refractivity contribution in [3.05, 3.63) is 106 Å². The number of carbonyl (C=O) groups is 1. The maximum Gasteiger partial charge on any atom is 0.329 e. The third-order valence-corrected chi connectivity index (χ3v) is 5.54. The molecule has 5 nitrogen and oxygen atoms in total. The number of fused-ring (bicyclic) bond motifs is 3. The van der Waals surface area contributed by atoms with E-state index < -0.39 is 30.3 Å². The number of rotatable bonds is 5. The zero-order valence-corrected chi connectivity index (χ0v) is 17.8. The highest BCUT2D eigenvalue weighted by Crippen LogP contribution is 2.35. The molecule has 0 radical (unpaired) electrons. The first kappa shape index (κ1) is 21.6. The standard InChI is InChI=1S/C27H18F2N2O3/c28-22-13-18-6-9-19(31-25(18)14-23(22)29)8-4-16-3-5-17-7-10-24-20(2-1-11-30-24)27(21(17)12-16)34-15-26(32)33/h1-14,27H,15H2,(H,32,33)/b8-4+. The van der Waals surface area contributed by atoms with Crippen LogP contribution in [-0.2, 0) is 9.53 Å². The first-order valence-electron chi connectivity index (χ1n) is 10.5. The van der Waals surface area contributed by atoms with Crippen molar-refractivity contribution in [2.75, 3.05) is 6.61 Å². The summed E-state index contributed by atoms with van der Waals surface area (Å²) >= 11 is 0. The van der Waals surface area contributed by atoms with Crippen molar-refractivity contribution in [3.63, 3.8) is 0 Å². The van der Waals surface area contributed by atoms with Gasteiger partial charge in [-0.05, 0) is 53.1 Å². The summed E-state index contributed by atoms with van der Waals surface area (Å²) in [6.45, 7) is -0.448. The molecule has 2 heterocycles. The number of hydrogen-bond acceptors (Lipinski definition) is 4. The number of benzene rings is 2. The van der Waals surface area contributed by atoms with E-state index in [1.807, 2.05) is 42.5 Å². The topological polar surface area (TPSA) is 72.3 Å². The van der Waals surface area contributed by atoms with Crippen LogP contribution in [0.2, 0.25) is 0 Å². The fourth-order valence-corrected chi connectivity index (χ4v) is 3.95. The van der Waals surface area contributed by atoms with Crippen molar-refractivity contribution in [2.24, 2.45) is 0 Å². The Labute approximate surface area is 193 Å². The molecule has 0 fully saturated rings. The molecule has 1 atom stereocenters. The van der Waals surface area contributed by atoms with Crippen LogP contribution in [0.1, 0.15) is 39.7 Å². The van der Waals surface area contributed by atoms with Gasteiger partial charge in [-0.25, -0.2) is 18.6 Å². The predicted octanol–water partition coefficient (Wildman–Crippen LogP) is 5.75. The zero-order valence-electron chi connectivity index (χ0n) is 17.8. The third-order valence-electron chi connectivity index (χ3n) is 5.54. The number of carboxylic acid groups (broad SMARTS) is 1. The molecule has 0 spiro atoms. The highest BCUT2D eigenvalue weighted by molar-refractivity contribution is 5.82. The molecule has 168 valence electrons. The van der Waals surface area contributed by atoms with Gasteiger partial charge in [-0.1, -0.05) is 36.4 Å². The number of aromatic nitrogens is 2. The maximum atomic E-state index is 13.6. The molecule has 0 saturated carbocycles. The SMILES string of the molecule is O=C(O)COC1c2cc(/C=C/c3ccc4cc(F)c(F)cc4n3)ccc2C=Cc2ncccc21. The monoisotopic (exact) mass is 456 g/mol. The summed E-state index contributed by atoms with van der Waals surface area (Å²) in [7, 11) is 0. The van der Waals surface area contributed by atoms with E-state index in [4.69, 9.17) is 9.84 Å². The van der Waals surface area contributed by atoms with Crippen molar-refractivity contribution in [2.45, 2.75) is 6.10 Å². The molecule has 0 bridgehead atoms. The van der Waals surface area contributed by atoms with Gasteiger partial charge in [0.2, 0.25) is 0 Å². The predicted molar refractivity (Wildman–Crippen MR) is 126 cm³/mol. The van der Waals surface area contributed by atoms with Crippen LogP contribution in [0.25, 0.3) is 35.2 Å². The molecule has 5 rings (SSSR count). The third kappa shape index (κ3) is 4.33. The summed E-state index contributed by atoms with van der Waals surface area (Å²) in [5, 5.41) is 9.68. The van der Waals surface area contributed by atoms with Gasteiger partial charge in [0.15, 0.2) is 11.6 Å². The Morgan fingerprint density at radius 1 is 1.00 bits per heavy atom. The van der Waals surface area contributed by atoms with E-state index in [0.29, 0.717) is 16.6 Å². The van der Waals surface area contributed by atoms with E-state index in [9.17, 15) is 13.6 Å². The molecule has 34 heavy (non-hydrogen) atoms. The van der Waals surface area contributed by atoms with E-state index in [0.717, 1.165) is 40.1 Å². The summed E-state index contributed by atoms with van der Waals surface area (Å²) in [5.41, 5.74) is 5.00. The number of carboxylic acids is 1. The first-order valence-corrected chi connectivity index (χ1v) is 10.5. The molecular weight excluding hydrogens is 438 g/mol. The van der Waals surface area contributed by atoms with Gasteiger partial charge in [-0.15, -0.1) is 0 Å². The fourth-order valence-electron chi connectivity index (χ4n) is 3.95. The molecule has 2 aromatic carbocycles. The number of pyridine rings is 2. The molecular formula is C27H18F2N2O3. The summed E-state index contributed by atoms with van der Waals surface area (Å²) in [6.07, 6.45) is 8.51. The Morgan fingerprint density at radius 2 is 1.85 bits per heavy atom. The normalized spacial score (nSPS) is 14.7. The van der Waals surface area contributed by atoms with E-state index in [2.05, 4.69) is 9.97 Å². The summed E-state index contributed by atoms with van der Waals surface area (Å²) < 4.78 is 32.8.